The van der Waals surface area contributed by atoms with Crippen LogP contribution in [0.1, 0.15) is 22.8 Å². The lowest BCUT2D eigenvalue weighted by atomic mass is 10.00. The van der Waals surface area contributed by atoms with Crippen LogP contribution < -0.4 is 5.32 Å². The smallest absolute Gasteiger partial charge is 0.381 e. The topological polar surface area (TPSA) is 70.4 Å². The third kappa shape index (κ3) is 5.97. The van der Waals surface area contributed by atoms with Crippen molar-refractivity contribution in [1.82, 2.24) is 14.7 Å². The number of carbonyl (C=O) groups excluding carboxylic acids is 1. The van der Waals surface area contributed by atoms with Gasteiger partial charge in [-0.25, -0.2) is 13.5 Å². The minimum absolute atomic E-state index is 0.112. The first kappa shape index (κ1) is 29.8. The lowest BCUT2D eigenvalue weighted by Crippen LogP contribution is -2.58. The molecule has 0 bridgehead atoms. The van der Waals surface area contributed by atoms with E-state index in [-0.39, 0.29) is 5.69 Å². The number of benzene rings is 3. The molecule has 0 aliphatic heterocycles. The molecule has 41 heavy (non-hydrogen) atoms. The van der Waals surface area contributed by atoms with Gasteiger partial charge in [-0.15, -0.1) is 0 Å². The van der Waals surface area contributed by atoms with Gasteiger partial charge < -0.3 is 15.3 Å². The Balaban J connectivity index is 1.63. The van der Waals surface area contributed by atoms with E-state index >= 15 is 0 Å². The molecule has 2 N–H and O–H groups in total. The van der Waals surface area contributed by atoms with Crippen molar-refractivity contribution < 1.29 is 45.0 Å². The van der Waals surface area contributed by atoms with Gasteiger partial charge in [0.2, 0.25) is 0 Å². The van der Waals surface area contributed by atoms with Crippen LogP contribution in [0.4, 0.5) is 40.8 Å². The van der Waals surface area contributed by atoms with Crippen LogP contribution in [0.3, 0.4) is 0 Å². The number of amides is 1. The van der Waals surface area contributed by atoms with Gasteiger partial charge in [0.05, 0.1) is 41.6 Å². The number of halogens is 8. The molecule has 0 spiro atoms. The Morgan fingerprint density at radius 3 is 2.24 bits per heavy atom. The number of rotatable bonds is 8. The van der Waals surface area contributed by atoms with E-state index in [0.717, 1.165) is 6.07 Å². The molecule has 0 saturated carbocycles. The standard InChI is InChI=1S/C27H22F8N4O2/c1-2-38(24(40)23-19(26(30,31)32)5-3-6-20(23)29)15-25(41,27(33,34)35)14-36-21-7-4-8-22-18(21)13-37-39(22)17-11-9-16(28)10-12-17/h3-13,36,41H,2,14-15H2,1H3. The molecule has 1 heterocycles. The second kappa shape index (κ2) is 11.0. The number of anilines is 1. The average molecular weight is 586 g/mol. The Hall–Kier alpha value is -4.20. The van der Waals surface area contributed by atoms with Crippen LogP contribution in [-0.4, -0.2) is 57.1 Å². The molecule has 1 unspecified atom stereocenters. The molecule has 1 amide bonds. The molecule has 14 heteroatoms. The predicted molar refractivity (Wildman–Crippen MR) is 134 cm³/mol. The van der Waals surface area contributed by atoms with Gasteiger partial charge in [0.1, 0.15) is 11.6 Å². The minimum atomic E-state index is -5.36. The van der Waals surface area contributed by atoms with Gasteiger partial charge in [0, 0.05) is 17.6 Å². The van der Waals surface area contributed by atoms with Crippen LogP contribution in [0.15, 0.2) is 66.9 Å². The molecule has 4 aromatic rings. The van der Waals surface area contributed by atoms with Gasteiger partial charge in [-0.1, -0.05) is 12.1 Å². The highest BCUT2D eigenvalue weighted by Crippen LogP contribution is 2.36. The van der Waals surface area contributed by atoms with Gasteiger partial charge in [-0.05, 0) is 55.5 Å². The van der Waals surface area contributed by atoms with Crippen molar-refractivity contribution in [2.24, 2.45) is 0 Å². The predicted octanol–water partition coefficient (Wildman–Crippen LogP) is 6.19. The highest BCUT2D eigenvalue weighted by Gasteiger charge is 2.55. The third-order valence-electron chi connectivity index (χ3n) is 6.44. The monoisotopic (exact) mass is 586 g/mol. The summed E-state index contributed by atoms with van der Waals surface area (Å²) < 4.78 is 112. The van der Waals surface area contributed by atoms with Gasteiger partial charge in [-0.2, -0.15) is 31.4 Å². The third-order valence-corrected chi connectivity index (χ3v) is 6.44. The molecule has 4 rings (SSSR count). The number of alkyl halides is 6. The fourth-order valence-corrected chi connectivity index (χ4v) is 4.26. The molecule has 0 saturated heterocycles. The van der Waals surface area contributed by atoms with E-state index < -0.39 is 66.3 Å². The summed E-state index contributed by atoms with van der Waals surface area (Å²) in [6.45, 7) is -2.09. The Morgan fingerprint density at radius 1 is 0.976 bits per heavy atom. The van der Waals surface area contributed by atoms with Gasteiger partial charge in [0.15, 0.2) is 5.60 Å². The van der Waals surface area contributed by atoms with E-state index in [9.17, 15) is 45.0 Å². The van der Waals surface area contributed by atoms with E-state index in [1.165, 1.54) is 54.2 Å². The maximum Gasteiger partial charge on any atom is 0.420 e. The number of likely N-dealkylation sites (N-methyl/N-ethyl adjacent to an activating group) is 1. The number of carbonyl (C=O) groups is 1. The first-order valence-corrected chi connectivity index (χ1v) is 12.1. The van der Waals surface area contributed by atoms with Gasteiger partial charge in [-0.3, -0.25) is 4.79 Å². The Bertz CT molecular complexity index is 1550. The lowest BCUT2D eigenvalue weighted by Gasteiger charge is -2.36. The Labute approximate surface area is 227 Å². The average Bonchev–Trinajstić information content (AvgIpc) is 3.34. The largest absolute Gasteiger partial charge is 0.420 e. The summed E-state index contributed by atoms with van der Waals surface area (Å²) in [6, 6.07) is 11.6. The van der Waals surface area contributed by atoms with Crippen molar-refractivity contribution >= 4 is 22.5 Å². The van der Waals surface area contributed by atoms with E-state index in [4.69, 9.17) is 0 Å². The van der Waals surface area contributed by atoms with Crippen LogP contribution in [-0.2, 0) is 6.18 Å². The van der Waals surface area contributed by atoms with Crippen molar-refractivity contribution in [3.05, 3.63) is 89.6 Å². The van der Waals surface area contributed by atoms with E-state index in [1.54, 1.807) is 6.07 Å². The maximum absolute atomic E-state index is 14.4. The summed E-state index contributed by atoms with van der Waals surface area (Å²) in [5.41, 5.74) is -5.74. The number of aromatic nitrogens is 2. The summed E-state index contributed by atoms with van der Waals surface area (Å²) in [7, 11) is 0. The first-order chi connectivity index (χ1) is 19.2. The summed E-state index contributed by atoms with van der Waals surface area (Å²) >= 11 is 0. The summed E-state index contributed by atoms with van der Waals surface area (Å²) in [5.74, 6) is -3.71. The Morgan fingerprint density at radius 2 is 1.63 bits per heavy atom. The fraction of sp³-hybridized carbons (Fsp3) is 0.259. The molecule has 6 nitrogen and oxygen atoms in total. The molecular formula is C27H22F8N4O2. The van der Waals surface area contributed by atoms with E-state index in [0.29, 0.717) is 33.6 Å². The van der Waals surface area contributed by atoms with Gasteiger partial charge >= 0.3 is 12.4 Å². The number of hydrogen-bond acceptors (Lipinski definition) is 4. The number of hydrogen-bond donors (Lipinski definition) is 2. The number of nitrogens with one attached hydrogen (secondary N) is 1. The molecule has 0 aliphatic rings. The SMILES string of the molecule is CCN(CC(O)(CNc1cccc2c1cnn2-c1ccc(F)cc1)C(F)(F)F)C(=O)c1c(F)cccc1C(F)(F)F. The van der Waals surface area contributed by atoms with Crippen LogP contribution in [0.25, 0.3) is 16.6 Å². The van der Waals surface area contributed by atoms with Gasteiger partial charge in [0.25, 0.3) is 5.91 Å². The quantitative estimate of drug-likeness (QED) is 0.242. The first-order valence-electron chi connectivity index (χ1n) is 12.1. The normalized spacial score (nSPS) is 13.7. The molecular weight excluding hydrogens is 564 g/mol. The number of nitrogens with zero attached hydrogens (tertiary/aromatic N) is 3. The summed E-state index contributed by atoms with van der Waals surface area (Å²) in [6.07, 6.45) is -9.18. The molecule has 1 atom stereocenters. The zero-order valence-corrected chi connectivity index (χ0v) is 21.2. The minimum Gasteiger partial charge on any atom is -0.381 e. The molecule has 218 valence electrons. The van der Waals surface area contributed by atoms with Crippen LogP contribution in [0.5, 0.6) is 0 Å². The number of fused-ring (bicyclic) bond motifs is 1. The molecule has 1 aromatic heterocycles. The highest BCUT2D eigenvalue weighted by molar-refractivity contribution is 5.96. The summed E-state index contributed by atoms with van der Waals surface area (Å²) in [4.78, 5) is 13.2. The van der Waals surface area contributed by atoms with Crippen LogP contribution in [0, 0.1) is 11.6 Å². The van der Waals surface area contributed by atoms with Crippen LogP contribution >= 0.6 is 0 Å². The lowest BCUT2D eigenvalue weighted by molar-refractivity contribution is -0.257. The Kier molecular flexibility index (Phi) is 7.98. The fourth-order valence-electron chi connectivity index (χ4n) is 4.26. The zero-order valence-electron chi connectivity index (χ0n) is 21.2. The van der Waals surface area contributed by atoms with Crippen molar-refractivity contribution in [2.75, 3.05) is 25.0 Å². The molecule has 0 fully saturated rings. The zero-order chi connectivity index (χ0) is 30.2. The van der Waals surface area contributed by atoms with Crippen molar-refractivity contribution in [2.45, 2.75) is 24.9 Å². The van der Waals surface area contributed by atoms with Crippen molar-refractivity contribution in [3.63, 3.8) is 0 Å². The highest BCUT2D eigenvalue weighted by atomic mass is 19.4. The maximum atomic E-state index is 14.4. The second-order valence-electron chi connectivity index (χ2n) is 9.13. The molecule has 3 aromatic carbocycles. The van der Waals surface area contributed by atoms with E-state index in [2.05, 4.69) is 10.4 Å². The van der Waals surface area contributed by atoms with E-state index in [1.807, 2.05) is 0 Å². The number of aliphatic hydroxyl groups is 1. The second-order valence-corrected chi connectivity index (χ2v) is 9.13. The molecule has 0 radical (unpaired) electrons. The van der Waals surface area contributed by atoms with Crippen LogP contribution in [0.2, 0.25) is 0 Å². The molecule has 0 aliphatic carbocycles. The van der Waals surface area contributed by atoms with Crippen molar-refractivity contribution in [3.8, 4) is 5.69 Å². The summed E-state index contributed by atoms with van der Waals surface area (Å²) in [5, 5.41) is 17.8. The van der Waals surface area contributed by atoms with Crippen molar-refractivity contribution in [1.29, 1.82) is 0 Å².